The van der Waals surface area contributed by atoms with Gasteiger partial charge in [0.05, 0.1) is 6.42 Å². The molecule has 0 unspecified atom stereocenters. The highest BCUT2D eigenvalue weighted by Crippen LogP contribution is 2.13. The number of rotatable bonds is 7. The maximum Gasteiger partial charge on any atom is 0.306 e. The van der Waals surface area contributed by atoms with E-state index in [1.807, 2.05) is 0 Å². The van der Waals surface area contributed by atoms with Crippen LogP contribution in [0.25, 0.3) is 0 Å². The lowest BCUT2D eigenvalue weighted by Gasteiger charge is -2.07. The Bertz CT molecular complexity index is 822. The third-order valence-electron chi connectivity index (χ3n) is 3.29. The average Bonchev–Trinajstić information content (AvgIpc) is 2.61. The molecule has 1 amide bonds. The Morgan fingerprint density at radius 1 is 0.885 bits per heavy atom. The fraction of sp³-hybridized carbons (Fsp3) is 0.167. The molecule has 0 aliphatic rings. The number of benzene rings is 2. The zero-order chi connectivity index (χ0) is 19.1. The second-order valence-corrected chi connectivity index (χ2v) is 5.27. The molecule has 0 spiro atoms. The highest BCUT2D eigenvalue weighted by atomic mass is 19.2. The Morgan fingerprint density at radius 3 is 2.23 bits per heavy atom. The van der Waals surface area contributed by atoms with E-state index in [4.69, 9.17) is 4.74 Å². The first-order valence-corrected chi connectivity index (χ1v) is 7.54. The summed E-state index contributed by atoms with van der Waals surface area (Å²) < 4.78 is 43.3. The van der Waals surface area contributed by atoms with Crippen molar-refractivity contribution in [3.63, 3.8) is 0 Å². The van der Waals surface area contributed by atoms with E-state index in [-0.39, 0.29) is 29.9 Å². The molecule has 2 aromatic rings. The third kappa shape index (κ3) is 5.73. The summed E-state index contributed by atoms with van der Waals surface area (Å²) in [5, 5.41) is 2.24. The fourth-order valence-electron chi connectivity index (χ4n) is 1.98. The lowest BCUT2D eigenvalue weighted by molar-refractivity contribution is -0.147. The highest BCUT2D eigenvalue weighted by molar-refractivity contribution is 5.97. The summed E-state index contributed by atoms with van der Waals surface area (Å²) in [6, 6.07) is 7.66. The van der Waals surface area contributed by atoms with Crippen LogP contribution in [0.3, 0.4) is 0 Å². The first-order valence-electron chi connectivity index (χ1n) is 7.54. The van der Waals surface area contributed by atoms with Gasteiger partial charge in [0.15, 0.2) is 24.0 Å². The second kappa shape index (κ2) is 8.80. The van der Waals surface area contributed by atoms with Crippen molar-refractivity contribution in [2.45, 2.75) is 12.8 Å². The Morgan fingerprint density at radius 2 is 1.58 bits per heavy atom. The van der Waals surface area contributed by atoms with Crippen LogP contribution in [0.5, 0.6) is 0 Å². The summed E-state index contributed by atoms with van der Waals surface area (Å²) in [7, 11) is 0. The zero-order valence-electron chi connectivity index (χ0n) is 13.4. The molecule has 2 aromatic carbocycles. The number of halogens is 3. The van der Waals surface area contributed by atoms with Crippen LogP contribution < -0.4 is 5.32 Å². The van der Waals surface area contributed by atoms with Crippen LogP contribution in [0.2, 0.25) is 0 Å². The number of anilines is 1. The highest BCUT2D eigenvalue weighted by Gasteiger charge is 2.13. The molecule has 0 fully saturated rings. The molecule has 0 saturated heterocycles. The van der Waals surface area contributed by atoms with Crippen molar-refractivity contribution < 1.29 is 32.3 Å². The minimum atomic E-state index is -1.13. The van der Waals surface area contributed by atoms with Gasteiger partial charge in [-0.3, -0.25) is 14.4 Å². The smallest absolute Gasteiger partial charge is 0.306 e. The van der Waals surface area contributed by atoms with Gasteiger partial charge in [-0.1, -0.05) is 0 Å². The standard InChI is InChI=1S/C18H14F3NO4/c19-12-3-1-11(2-4-12)16(23)7-8-18(25)26-10-17(24)22-13-5-6-14(20)15(21)9-13/h1-6,9H,7-8,10H2,(H,22,24). The van der Waals surface area contributed by atoms with Gasteiger partial charge in [0.25, 0.3) is 5.91 Å². The van der Waals surface area contributed by atoms with Gasteiger partial charge >= 0.3 is 5.97 Å². The molecular weight excluding hydrogens is 351 g/mol. The Hall–Kier alpha value is -3.16. The largest absolute Gasteiger partial charge is 0.456 e. The van der Waals surface area contributed by atoms with Gasteiger partial charge in [0, 0.05) is 23.7 Å². The molecule has 0 saturated carbocycles. The molecule has 0 aliphatic carbocycles. The summed E-state index contributed by atoms with van der Waals surface area (Å²) >= 11 is 0. The molecule has 0 heterocycles. The number of carbonyl (C=O) groups excluding carboxylic acids is 3. The number of amides is 1. The minimum absolute atomic E-state index is 0.0106. The number of ether oxygens (including phenoxy) is 1. The summed E-state index contributed by atoms with van der Waals surface area (Å²) in [5.74, 6) is -4.55. The number of nitrogens with one attached hydrogen (secondary N) is 1. The quantitative estimate of drug-likeness (QED) is 0.604. The molecule has 5 nitrogen and oxygen atoms in total. The Labute approximate surface area is 146 Å². The van der Waals surface area contributed by atoms with Crippen molar-refractivity contribution in [3.8, 4) is 0 Å². The number of carbonyl (C=O) groups is 3. The normalized spacial score (nSPS) is 10.3. The van der Waals surface area contributed by atoms with E-state index < -0.39 is 35.9 Å². The third-order valence-corrected chi connectivity index (χ3v) is 3.29. The Kier molecular flexibility index (Phi) is 6.48. The van der Waals surface area contributed by atoms with Crippen LogP contribution in [-0.4, -0.2) is 24.3 Å². The van der Waals surface area contributed by atoms with Crippen molar-refractivity contribution in [2.24, 2.45) is 0 Å². The van der Waals surface area contributed by atoms with Gasteiger partial charge in [-0.25, -0.2) is 13.2 Å². The molecule has 26 heavy (non-hydrogen) atoms. The SMILES string of the molecule is O=C(COC(=O)CCC(=O)c1ccc(F)cc1)Nc1ccc(F)c(F)c1. The van der Waals surface area contributed by atoms with E-state index in [2.05, 4.69) is 5.32 Å². The summed E-state index contributed by atoms with van der Waals surface area (Å²) in [4.78, 5) is 35.0. The summed E-state index contributed by atoms with van der Waals surface area (Å²) in [5.41, 5.74) is 0.270. The van der Waals surface area contributed by atoms with E-state index in [0.717, 1.165) is 30.3 Å². The zero-order valence-corrected chi connectivity index (χ0v) is 13.4. The van der Waals surface area contributed by atoms with Gasteiger partial charge in [-0.2, -0.15) is 0 Å². The molecule has 0 aliphatic heterocycles. The first kappa shape index (κ1) is 19.2. The van der Waals surface area contributed by atoms with Crippen molar-refractivity contribution in [1.29, 1.82) is 0 Å². The van der Waals surface area contributed by atoms with Crippen LogP contribution in [0.1, 0.15) is 23.2 Å². The lowest BCUT2D eigenvalue weighted by atomic mass is 10.1. The van der Waals surface area contributed by atoms with E-state index in [1.54, 1.807) is 0 Å². The van der Waals surface area contributed by atoms with Gasteiger partial charge in [-0.15, -0.1) is 0 Å². The minimum Gasteiger partial charge on any atom is -0.456 e. The number of hydrogen-bond donors (Lipinski definition) is 1. The number of esters is 1. The fourth-order valence-corrected chi connectivity index (χ4v) is 1.98. The van der Waals surface area contributed by atoms with Crippen molar-refractivity contribution in [3.05, 3.63) is 65.5 Å². The van der Waals surface area contributed by atoms with Crippen LogP contribution in [0.15, 0.2) is 42.5 Å². The van der Waals surface area contributed by atoms with Gasteiger partial charge < -0.3 is 10.1 Å². The van der Waals surface area contributed by atoms with Crippen molar-refractivity contribution in [2.75, 3.05) is 11.9 Å². The molecule has 8 heteroatoms. The predicted octanol–water partition coefficient (Wildman–Crippen LogP) is 3.25. The number of hydrogen-bond acceptors (Lipinski definition) is 4. The monoisotopic (exact) mass is 365 g/mol. The summed E-state index contributed by atoms with van der Waals surface area (Å²) in [6.45, 7) is -0.636. The maximum absolute atomic E-state index is 13.0. The Balaban J connectivity index is 1.73. The average molecular weight is 365 g/mol. The van der Waals surface area contributed by atoms with Crippen molar-refractivity contribution in [1.82, 2.24) is 0 Å². The second-order valence-electron chi connectivity index (χ2n) is 5.27. The van der Waals surface area contributed by atoms with E-state index in [1.165, 1.54) is 12.1 Å². The topological polar surface area (TPSA) is 72.5 Å². The predicted molar refractivity (Wildman–Crippen MR) is 85.9 cm³/mol. The molecular formula is C18H14F3NO4. The van der Waals surface area contributed by atoms with Crippen LogP contribution >= 0.6 is 0 Å². The van der Waals surface area contributed by atoms with E-state index in [0.29, 0.717) is 0 Å². The van der Waals surface area contributed by atoms with E-state index >= 15 is 0 Å². The number of Topliss-reactive ketones (excluding diaryl/α,β-unsaturated/α-hetero) is 1. The van der Waals surface area contributed by atoms with Crippen LogP contribution in [0, 0.1) is 17.5 Å². The molecule has 0 atom stereocenters. The molecule has 2 rings (SSSR count). The van der Waals surface area contributed by atoms with Gasteiger partial charge in [0.1, 0.15) is 5.82 Å². The van der Waals surface area contributed by atoms with Crippen molar-refractivity contribution >= 4 is 23.3 Å². The van der Waals surface area contributed by atoms with Gasteiger partial charge in [-0.05, 0) is 36.4 Å². The van der Waals surface area contributed by atoms with Gasteiger partial charge in [0.2, 0.25) is 0 Å². The molecule has 0 radical (unpaired) electrons. The molecule has 1 N–H and O–H groups in total. The van der Waals surface area contributed by atoms with Crippen LogP contribution in [-0.2, 0) is 14.3 Å². The lowest BCUT2D eigenvalue weighted by Crippen LogP contribution is -2.21. The first-order chi connectivity index (χ1) is 12.3. The summed E-state index contributed by atoms with van der Waals surface area (Å²) in [6.07, 6.45) is -0.413. The molecule has 136 valence electrons. The molecule has 0 bridgehead atoms. The maximum atomic E-state index is 13.0. The van der Waals surface area contributed by atoms with Crippen LogP contribution in [0.4, 0.5) is 18.9 Å². The molecule has 0 aromatic heterocycles. The number of ketones is 1. The van der Waals surface area contributed by atoms with E-state index in [9.17, 15) is 27.6 Å².